The minimum Gasteiger partial charge on any atom is -0.378 e. The van der Waals surface area contributed by atoms with Gasteiger partial charge in [0.2, 0.25) is 5.91 Å². The SMILES string of the molecule is O=C(Cc1n[nH]c(CNc2ccc(Cl)cc2)n1)NCCc1cccs1. The third-order valence-corrected chi connectivity index (χ3v) is 4.66. The van der Waals surface area contributed by atoms with Crippen molar-refractivity contribution in [3.63, 3.8) is 0 Å². The fraction of sp³-hybridized carbons (Fsp3) is 0.235. The summed E-state index contributed by atoms with van der Waals surface area (Å²) in [4.78, 5) is 17.5. The van der Waals surface area contributed by atoms with E-state index in [0.29, 0.717) is 29.8 Å². The molecule has 0 bridgehead atoms. The monoisotopic (exact) mass is 375 g/mol. The van der Waals surface area contributed by atoms with Crippen molar-refractivity contribution in [2.24, 2.45) is 0 Å². The van der Waals surface area contributed by atoms with Gasteiger partial charge in [-0.15, -0.1) is 11.3 Å². The molecule has 2 heterocycles. The number of hydrogen-bond donors (Lipinski definition) is 3. The van der Waals surface area contributed by atoms with Crippen molar-refractivity contribution in [2.45, 2.75) is 19.4 Å². The quantitative estimate of drug-likeness (QED) is 0.565. The highest BCUT2D eigenvalue weighted by Crippen LogP contribution is 2.13. The molecule has 1 aromatic carbocycles. The molecule has 130 valence electrons. The van der Waals surface area contributed by atoms with Crippen LogP contribution in [0.1, 0.15) is 16.5 Å². The summed E-state index contributed by atoms with van der Waals surface area (Å²) < 4.78 is 0. The minimum atomic E-state index is -0.0761. The van der Waals surface area contributed by atoms with Gasteiger partial charge in [0, 0.05) is 22.1 Å². The van der Waals surface area contributed by atoms with Gasteiger partial charge in [-0.05, 0) is 42.1 Å². The number of benzene rings is 1. The molecule has 25 heavy (non-hydrogen) atoms. The number of nitrogens with one attached hydrogen (secondary N) is 3. The maximum Gasteiger partial charge on any atom is 0.227 e. The predicted molar refractivity (Wildman–Crippen MR) is 99.9 cm³/mol. The lowest BCUT2D eigenvalue weighted by Crippen LogP contribution is -2.27. The van der Waals surface area contributed by atoms with Gasteiger partial charge in [-0.1, -0.05) is 17.7 Å². The van der Waals surface area contributed by atoms with E-state index in [9.17, 15) is 4.79 Å². The van der Waals surface area contributed by atoms with Crippen molar-refractivity contribution in [1.29, 1.82) is 0 Å². The van der Waals surface area contributed by atoms with Crippen LogP contribution in [0.4, 0.5) is 5.69 Å². The topological polar surface area (TPSA) is 82.7 Å². The fourth-order valence-corrected chi connectivity index (χ4v) is 3.07. The zero-order chi connectivity index (χ0) is 17.5. The van der Waals surface area contributed by atoms with E-state index >= 15 is 0 Å². The van der Waals surface area contributed by atoms with E-state index in [1.54, 1.807) is 11.3 Å². The molecule has 0 saturated heterocycles. The first-order valence-electron chi connectivity index (χ1n) is 7.88. The molecule has 0 aliphatic carbocycles. The molecule has 0 radical (unpaired) electrons. The second kappa shape index (κ2) is 8.64. The Balaban J connectivity index is 1.41. The van der Waals surface area contributed by atoms with Crippen molar-refractivity contribution in [1.82, 2.24) is 20.5 Å². The van der Waals surface area contributed by atoms with Gasteiger partial charge in [0.1, 0.15) is 5.82 Å². The second-order valence-electron chi connectivity index (χ2n) is 5.41. The third kappa shape index (κ3) is 5.58. The number of aromatic amines is 1. The highest BCUT2D eigenvalue weighted by molar-refractivity contribution is 7.09. The highest BCUT2D eigenvalue weighted by Gasteiger charge is 2.09. The van der Waals surface area contributed by atoms with Gasteiger partial charge < -0.3 is 10.6 Å². The van der Waals surface area contributed by atoms with Gasteiger partial charge in [-0.2, -0.15) is 5.10 Å². The lowest BCUT2D eigenvalue weighted by Gasteiger charge is -2.03. The standard InChI is InChI=1S/C17H18ClN5OS/c18-12-3-5-13(6-4-12)20-11-16-21-15(22-23-16)10-17(24)19-8-7-14-2-1-9-25-14/h1-6,9,20H,7-8,10-11H2,(H,19,24)(H,21,22,23). The van der Waals surface area contributed by atoms with Gasteiger partial charge >= 0.3 is 0 Å². The number of thiophene rings is 1. The lowest BCUT2D eigenvalue weighted by molar-refractivity contribution is -0.120. The first-order valence-corrected chi connectivity index (χ1v) is 9.13. The van der Waals surface area contributed by atoms with E-state index in [1.165, 1.54) is 4.88 Å². The van der Waals surface area contributed by atoms with Crippen LogP contribution in [0.3, 0.4) is 0 Å². The predicted octanol–water partition coefficient (Wildman–Crippen LogP) is 3.03. The molecule has 0 unspecified atom stereocenters. The smallest absolute Gasteiger partial charge is 0.227 e. The van der Waals surface area contributed by atoms with E-state index in [1.807, 2.05) is 35.7 Å². The van der Waals surface area contributed by atoms with Crippen LogP contribution in [0.2, 0.25) is 5.02 Å². The van der Waals surface area contributed by atoms with Crippen molar-refractivity contribution < 1.29 is 4.79 Å². The molecule has 3 aromatic rings. The first-order chi connectivity index (χ1) is 12.2. The summed E-state index contributed by atoms with van der Waals surface area (Å²) in [7, 11) is 0. The van der Waals surface area contributed by atoms with Crippen molar-refractivity contribution in [3.05, 3.63) is 63.3 Å². The Labute approximate surface area is 154 Å². The summed E-state index contributed by atoms with van der Waals surface area (Å²) in [5.41, 5.74) is 0.939. The van der Waals surface area contributed by atoms with Crippen LogP contribution in [-0.4, -0.2) is 27.6 Å². The van der Waals surface area contributed by atoms with Crippen LogP contribution < -0.4 is 10.6 Å². The third-order valence-electron chi connectivity index (χ3n) is 3.47. The van der Waals surface area contributed by atoms with Crippen LogP contribution >= 0.6 is 22.9 Å². The molecule has 0 aliphatic rings. The molecule has 0 aliphatic heterocycles. The van der Waals surface area contributed by atoms with E-state index in [4.69, 9.17) is 11.6 Å². The largest absolute Gasteiger partial charge is 0.378 e. The number of hydrogen-bond acceptors (Lipinski definition) is 5. The molecule has 3 rings (SSSR count). The molecule has 6 nitrogen and oxygen atoms in total. The number of amides is 1. The molecular formula is C17H18ClN5OS. The summed E-state index contributed by atoms with van der Waals surface area (Å²) in [5.74, 6) is 1.09. The zero-order valence-corrected chi connectivity index (χ0v) is 15.0. The van der Waals surface area contributed by atoms with Gasteiger partial charge in [-0.25, -0.2) is 4.98 Å². The van der Waals surface area contributed by atoms with Crippen LogP contribution in [-0.2, 0) is 24.2 Å². The van der Waals surface area contributed by atoms with Crippen LogP contribution in [0.15, 0.2) is 41.8 Å². The Hall–Kier alpha value is -2.38. The maximum absolute atomic E-state index is 11.9. The molecule has 0 atom stereocenters. The first kappa shape index (κ1) is 17.4. The van der Waals surface area contributed by atoms with E-state index in [-0.39, 0.29) is 12.3 Å². The van der Waals surface area contributed by atoms with Crippen molar-refractivity contribution in [3.8, 4) is 0 Å². The number of anilines is 1. The molecule has 3 N–H and O–H groups in total. The number of halogens is 1. The number of aromatic nitrogens is 3. The Morgan fingerprint density at radius 1 is 1.24 bits per heavy atom. The summed E-state index contributed by atoms with van der Waals surface area (Å²) in [6.07, 6.45) is 1.01. The Morgan fingerprint density at radius 2 is 2.08 bits per heavy atom. The molecule has 8 heteroatoms. The number of H-pyrrole nitrogens is 1. The Kier molecular flexibility index (Phi) is 6.03. The number of rotatable bonds is 8. The summed E-state index contributed by atoms with van der Waals surface area (Å²) in [6.45, 7) is 1.11. The van der Waals surface area contributed by atoms with E-state index in [0.717, 1.165) is 12.1 Å². The van der Waals surface area contributed by atoms with Crippen LogP contribution in [0, 0.1) is 0 Å². The molecule has 0 spiro atoms. The maximum atomic E-state index is 11.9. The van der Waals surface area contributed by atoms with Gasteiger partial charge in [0.05, 0.1) is 13.0 Å². The van der Waals surface area contributed by atoms with E-state index in [2.05, 4.69) is 31.9 Å². The lowest BCUT2D eigenvalue weighted by atomic mass is 10.3. The van der Waals surface area contributed by atoms with E-state index < -0.39 is 0 Å². The van der Waals surface area contributed by atoms with Crippen molar-refractivity contribution >= 4 is 34.5 Å². The molecular weight excluding hydrogens is 358 g/mol. The van der Waals surface area contributed by atoms with Crippen LogP contribution in [0.25, 0.3) is 0 Å². The summed E-state index contributed by atoms with van der Waals surface area (Å²) in [6, 6.07) is 11.5. The average Bonchev–Trinajstić information content (AvgIpc) is 3.26. The van der Waals surface area contributed by atoms with Gasteiger partial charge in [-0.3, -0.25) is 9.89 Å². The number of carbonyl (C=O) groups is 1. The number of carbonyl (C=O) groups excluding carboxylic acids is 1. The molecule has 0 fully saturated rings. The van der Waals surface area contributed by atoms with Gasteiger partial charge in [0.25, 0.3) is 0 Å². The van der Waals surface area contributed by atoms with Crippen molar-refractivity contribution in [2.75, 3.05) is 11.9 Å². The minimum absolute atomic E-state index is 0.0761. The molecule has 1 amide bonds. The van der Waals surface area contributed by atoms with Crippen LogP contribution in [0.5, 0.6) is 0 Å². The van der Waals surface area contributed by atoms with Gasteiger partial charge in [0.15, 0.2) is 5.82 Å². The molecule has 2 aromatic heterocycles. The zero-order valence-electron chi connectivity index (χ0n) is 13.5. The number of nitrogens with zero attached hydrogens (tertiary/aromatic N) is 2. The molecule has 0 saturated carbocycles. The Bertz CT molecular complexity index is 801. The highest BCUT2D eigenvalue weighted by atomic mass is 35.5. The normalized spacial score (nSPS) is 10.6. The summed E-state index contributed by atoms with van der Waals surface area (Å²) >= 11 is 7.54. The average molecular weight is 376 g/mol. The second-order valence-corrected chi connectivity index (χ2v) is 6.88. The fourth-order valence-electron chi connectivity index (χ4n) is 2.23. The Morgan fingerprint density at radius 3 is 2.84 bits per heavy atom. The summed E-state index contributed by atoms with van der Waals surface area (Å²) in [5, 5.41) is 15.8.